The Balaban J connectivity index is 1.93. The zero-order chi connectivity index (χ0) is 21.5. The third-order valence-corrected chi connectivity index (χ3v) is 5.14. The first-order valence-corrected chi connectivity index (χ1v) is 10.5. The normalized spacial score (nSPS) is 10.6. The summed E-state index contributed by atoms with van der Waals surface area (Å²) in [4.78, 5) is 16.9. The van der Waals surface area contributed by atoms with Crippen LogP contribution in [0.4, 0.5) is 0 Å². The smallest absolute Gasteiger partial charge is 0.358 e. The van der Waals surface area contributed by atoms with Crippen LogP contribution >= 0.6 is 11.6 Å². The minimum atomic E-state index is -0.461. The van der Waals surface area contributed by atoms with E-state index in [0.717, 1.165) is 41.8 Å². The van der Waals surface area contributed by atoms with Gasteiger partial charge in [0.1, 0.15) is 5.82 Å². The number of halogens is 1. The molecule has 0 amide bonds. The molecular weight excluding hydrogens is 398 g/mol. The molecule has 0 spiro atoms. The highest BCUT2D eigenvalue weighted by atomic mass is 35.5. The van der Waals surface area contributed by atoms with Gasteiger partial charge in [-0.1, -0.05) is 67.4 Å². The molecular formula is C24H24ClN3O2. The molecule has 2 aromatic carbocycles. The van der Waals surface area contributed by atoms with Gasteiger partial charge < -0.3 is 9.30 Å². The molecule has 3 aromatic rings. The highest BCUT2D eigenvalue weighted by Gasteiger charge is 2.23. The van der Waals surface area contributed by atoms with Gasteiger partial charge in [0.15, 0.2) is 10.8 Å². The lowest BCUT2D eigenvalue weighted by Gasteiger charge is -2.12. The maximum Gasteiger partial charge on any atom is 0.358 e. The molecule has 0 aliphatic rings. The second kappa shape index (κ2) is 10.1. The van der Waals surface area contributed by atoms with E-state index in [1.54, 1.807) is 6.92 Å². The van der Waals surface area contributed by atoms with E-state index in [2.05, 4.69) is 18.0 Å². The number of ether oxygens (including phenoxy) is 1. The lowest BCUT2D eigenvalue weighted by Crippen LogP contribution is -2.15. The Bertz CT molecular complexity index is 1070. The highest BCUT2D eigenvalue weighted by molar-refractivity contribution is 6.32. The van der Waals surface area contributed by atoms with Crippen LogP contribution in [0.15, 0.2) is 48.5 Å². The van der Waals surface area contributed by atoms with Crippen molar-refractivity contribution in [3.05, 3.63) is 76.3 Å². The average molecular weight is 422 g/mol. The quantitative estimate of drug-likeness (QED) is 0.441. The molecule has 0 bridgehead atoms. The Morgan fingerprint density at radius 1 is 1.17 bits per heavy atom. The first-order valence-electron chi connectivity index (χ1n) is 10.1. The standard InChI is InChI=1S/C24H24ClN3O2/c1-3-5-10-21-27-23(25)22(24(29)30-4-2)28(21)16-17-11-13-18(14-12-17)20-9-7-6-8-19(20)15-26/h6-9,11-14H,3-5,10,16H2,1-2H3. The van der Waals surface area contributed by atoms with Crippen molar-refractivity contribution in [1.29, 1.82) is 5.26 Å². The average Bonchev–Trinajstić information content (AvgIpc) is 3.07. The van der Waals surface area contributed by atoms with E-state index in [1.165, 1.54) is 0 Å². The molecule has 3 rings (SSSR count). The highest BCUT2D eigenvalue weighted by Crippen LogP contribution is 2.25. The lowest BCUT2D eigenvalue weighted by molar-refractivity contribution is 0.0514. The van der Waals surface area contributed by atoms with Crippen molar-refractivity contribution < 1.29 is 9.53 Å². The van der Waals surface area contributed by atoms with Crippen LogP contribution < -0.4 is 0 Å². The number of nitrogens with zero attached hydrogens (tertiary/aromatic N) is 3. The molecule has 0 aliphatic carbocycles. The monoisotopic (exact) mass is 421 g/mol. The van der Waals surface area contributed by atoms with Crippen molar-refractivity contribution >= 4 is 17.6 Å². The van der Waals surface area contributed by atoms with Crippen LogP contribution in [0.5, 0.6) is 0 Å². The Kier molecular flexibility index (Phi) is 7.26. The Morgan fingerprint density at radius 3 is 2.57 bits per heavy atom. The third kappa shape index (κ3) is 4.72. The van der Waals surface area contributed by atoms with Crippen LogP contribution in [0.2, 0.25) is 5.15 Å². The SMILES string of the molecule is CCCCc1nc(Cl)c(C(=O)OCC)n1Cc1ccc(-c2ccccc2C#N)cc1. The van der Waals surface area contributed by atoms with Gasteiger partial charge in [-0.25, -0.2) is 9.78 Å². The predicted octanol–water partition coefficient (Wildman–Crippen LogP) is 5.64. The van der Waals surface area contributed by atoms with E-state index in [-0.39, 0.29) is 11.8 Å². The summed E-state index contributed by atoms with van der Waals surface area (Å²) in [6.07, 6.45) is 2.72. The van der Waals surface area contributed by atoms with Gasteiger partial charge in [-0.15, -0.1) is 0 Å². The summed E-state index contributed by atoms with van der Waals surface area (Å²) in [5, 5.41) is 9.52. The van der Waals surface area contributed by atoms with Crippen molar-refractivity contribution in [2.24, 2.45) is 0 Å². The van der Waals surface area contributed by atoms with Crippen molar-refractivity contribution in [2.75, 3.05) is 6.61 Å². The number of rotatable bonds is 8. The van der Waals surface area contributed by atoms with Crippen molar-refractivity contribution in [2.45, 2.75) is 39.7 Å². The van der Waals surface area contributed by atoms with Crippen LogP contribution in [0.25, 0.3) is 11.1 Å². The molecule has 5 nitrogen and oxygen atoms in total. The number of nitriles is 1. The van der Waals surface area contributed by atoms with Gasteiger partial charge in [-0.05, 0) is 36.1 Å². The minimum Gasteiger partial charge on any atom is -0.461 e. The van der Waals surface area contributed by atoms with Gasteiger partial charge in [-0.3, -0.25) is 0 Å². The van der Waals surface area contributed by atoms with Gasteiger partial charge in [-0.2, -0.15) is 5.26 Å². The number of aryl methyl sites for hydroxylation is 1. The molecule has 0 saturated carbocycles. The number of benzene rings is 2. The maximum atomic E-state index is 12.5. The number of imidazole rings is 1. The fourth-order valence-corrected chi connectivity index (χ4v) is 3.64. The van der Waals surface area contributed by atoms with Crippen LogP contribution in [0.1, 0.15) is 54.1 Å². The van der Waals surface area contributed by atoms with Crippen LogP contribution in [0, 0.1) is 11.3 Å². The molecule has 0 saturated heterocycles. The maximum absolute atomic E-state index is 12.5. The molecule has 0 atom stereocenters. The molecule has 0 aliphatic heterocycles. The molecule has 1 aromatic heterocycles. The van der Waals surface area contributed by atoms with Gasteiger partial charge in [0.05, 0.1) is 18.2 Å². The summed E-state index contributed by atoms with van der Waals surface area (Å²) in [5.74, 6) is 0.320. The van der Waals surface area contributed by atoms with Crippen molar-refractivity contribution in [3.8, 4) is 17.2 Å². The van der Waals surface area contributed by atoms with E-state index in [4.69, 9.17) is 16.3 Å². The molecule has 1 heterocycles. The lowest BCUT2D eigenvalue weighted by atomic mass is 9.99. The summed E-state index contributed by atoms with van der Waals surface area (Å²) in [5.41, 5.74) is 3.80. The van der Waals surface area contributed by atoms with Gasteiger partial charge in [0, 0.05) is 13.0 Å². The largest absolute Gasteiger partial charge is 0.461 e. The molecule has 0 N–H and O–H groups in total. The fraction of sp³-hybridized carbons (Fsp3) is 0.292. The Hall–Kier alpha value is -3.10. The van der Waals surface area contributed by atoms with E-state index in [0.29, 0.717) is 17.8 Å². The molecule has 0 fully saturated rings. The number of carbonyl (C=O) groups excluding carboxylic acids is 1. The summed E-state index contributed by atoms with van der Waals surface area (Å²) in [7, 11) is 0. The second-order valence-corrected chi connectivity index (χ2v) is 7.29. The van der Waals surface area contributed by atoms with E-state index in [1.807, 2.05) is 53.1 Å². The van der Waals surface area contributed by atoms with E-state index in [9.17, 15) is 10.1 Å². The summed E-state index contributed by atoms with van der Waals surface area (Å²) in [6.45, 7) is 4.62. The molecule has 30 heavy (non-hydrogen) atoms. The zero-order valence-electron chi connectivity index (χ0n) is 17.2. The Labute approximate surface area is 181 Å². The minimum absolute atomic E-state index is 0.180. The van der Waals surface area contributed by atoms with Crippen LogP contribution in [-0.4, -0.2) is 22.1 Å². The number of hydrogen-bond acceptors (Lipinski definition) is 4. The predicted molar refractivity (Wildman–Crippen MR) is 118 cm³/mol. The van der Waals surface area contributed by atoms with E-state index >= 15 is 0 Å². The molecule has 6 heteroatoms. The van der Waals surface area contributed by atoms with Gasteiger partial charge in [0.2, 0.25) is 0 Å². The molecule has 0 unspecified atom stereocenters. The second-order valence-electron chi connectivity index (χ2n) is 6.93. The number of unbranched alkanes of at least 4 members (excludes halogenated alkanes) is 1. The number of aromatic nitrogens is 2. The van der Waals surface area contributed by atoms with Crippen LogP contribution in [0.3, 0.4) is 0 Å². The summed E-state index contributed by atoms with van der Waals surface area (Å²) < 4.78 is 7.05. The van der Waals surface area contributed by atoms with Gasteiger partial charge in [0.25, 0.3) is 0 Å². The van der Waals surface area contributed by atoms with Crippen molar-refractivity contribution in [3.63, 3.8) is 0 Å². The fourth-order valence-electron chi connectivity index (χ4n) is 3.36. The number of carbonyl (C=O) groups is 1. The zero-order valence-corrected chi connectivity index (χ0v) is 17.9. The first kappa shape index (κ1) is 21.6. The molecule has 154 valence electrons. The number of hydrogen-bond donors (Lipinski definition) is 0. The number of esters is 1. The first-order chi connectivity index (χ1) is 14.6. The van der Waals surface area contributed by atoms with Crippen LogP contribution in [-0.2, 0) is 17.7 Å². The van der Waals surface area contributed by atoms with Gasteiger partial charge >= 0.3 is 5.97 Å². The molecule has 0 radical (unpaired) electrons. The summed E-state index contributed by atoms with van der Waals surface area (Å²) >= 11 is 6.30. The van der Waals surface area contributed by atoms with Crippen molar-refractivity contribution in [1.82, 2.24) is 9.55 Å². The third-order valence-electron chi connectivity index (χ3n) is 4.88. The van der Waals surface area contributed by atoms with E-state index < -0.39 is 5.97 Å². The topological polar surface area (TPSA) is 67.9 Å². The summed E-state index contributed by atoms with van der Waals surface area (Å²) in [6, 6.07) is 17.7. The Morgan fingerprint density at radius 2 is 1.90 bits per heavy atom.